The lowest BCUT2D eigenvalue weighted by Crippen LogP contribution is -2.28. The molecule has 0 aliphatic heterocycles. The van der Waals surface area contributed by atoms with Crippen molar-refractivity contribution in [2.45, 2.75) is 12.5 Å². The second kappa shape index (κ2) is 9.43. The van der Waals surface area contributed by atoms with E-state index < -0.39 is 17.9 Å². The number of ether oxygens (including phenoxy) is 1. The molecule has 2 rings (SSSR count). The van der Waals surface area contributed by atoms with Crippen LogP contribution >= 0.6 is 0 Å². The Morgan fingerprint density at radius 3 is 2.18 bits per heavy atom. The molecule has 2 aromatic carbocycles. The third kappa shape index (κ3) is 5.49. The van der Waals surface area contributed by atoms with Gasteiger partial charge in [0.2, 0.25) is 5.78 Å². The summed E-state index contributed by atoms with van der Waals surface area (Å²) in [5.74, 6) is -2.00. The first kappa shape index (κ1) is 20.8. The molecule has 0 spiro atoms. The molecule has 146 valence electrons. The van der Waals surface area contributed by atoms with Crippen LogP contribution in [0, 0.1) is 5.41 Å². The summed E-state index contributed by atoms with van der Waals surface area (Å²) in [5.41, 5.74) is 7.44. The Hall–Kier alpha value is -3.52. The molecule has 1 unspecified atom stereocenters. The van der Waals surface area contributed by atoms with E-state index in [1.54, 1.807) is 48.5 Å². The lowest BCUT2D eigenvalue weighted by Gasteiger charge is -2.13. The van der Waals surface area contributed by atoms with Crippen molar-refractivity contribution in [2.75, 3.05) is 13.7 Å². The van der Waals surface area contributed by atoms with Gasteiger partial charge in [0.05, 0.1) is 13.2 Å². The zero-order valence-corrected chi connectivity index (χ0v) is 15.3. The number of nitrogen functional groups attached to an aromatic ring is 1. The number of aliphatic hydroxyl groups is 1. The van der Waals surface area contributed by atoms with Crippen LogP contribution in [-0.4, -0.2) is 42.3 Å². The Bertz CT molecular complexity index is 876. The second-order valence-corrected chi connectivity index (χ2v) is 6.05. The molecule has 8 nitrogen and oxygen atoms in total. The van der Waals surface area contributed by atoms with Crippen LogP contribution in [0.2, 0.25) is 0 Å². The van der Waals surface area contributed by atoms with Gasteiger partial charge >= 0.3 is 5.97 Å². The van der Waals surface area contributed by atoms with Crippen LogP contribution in [0.5, 0.6) is 0 Å². The smallest absolute Gasteiger partial charge is 0.374 e. The lowest BCUT2D eigenvalue weighted by molar-refractivity contribution is -0.151. The van der Waals surface area contributed by atoms with E-state index >= 15 is 0 Å². The minimum absolute atomic E-state index is 0.00622. The first-order chi connectivity index (χ1) is 13.3. The zero-order chi connectivity index (χ0) is 20.7. The van der Waals surface area contributed by atoms with Crippen molar-refractivity contribution in [3.8, 4) is 0 Å². The van der Waals surface area contributed by atoms with Gasteiger partial charge in [0.15, 0.2) is 0 Å². The summed E-state index contributed by atoms with van der Waals surface area (Å²) < 4.78 is 4.37. The number of ketones is 1. The Labute approximate surface area is 161 Å². The standard InChI is InChI=1S/C20H21N3O5/c1-28-20(27)16(24)10-12-2-4-13(5-3-12)17(25)11-23-19(26)15-8-6-14(7-9-15)18(21)22/h2-9,17,25H,10-11H2,1H3,(H3,21,22)(H,23,26). The number of carbonyl (C=O) groups is 3. The van der Waals surface area contributed by atoms with E-state index in [4.69, 9.17) is 11.1 Å². The van der Waals surface area contributed by atoms with Gasteiger partial charge in [-0.1, -0.05) is 36.4 Å². The molecule has 8 heteroatoms. The topological polar surface area (TPSA) is 143 Å². The molecule has 0 saturated heterocycles. The Balaban J connectivity index is 1.91. The van der Waals surface area contributed by atoms with Crippen molar-refractivity contribution in [3.05, 3.63) is 70.8 Å². The molecule has 0 fully saturated rings. The molecule has 0 aromatic heterocycles. The monoisotopic (exact) mass is 383 g/mol. The van der Waals surface area contributed by atoms with E-state index in [1.165, 1.54) is 0 Å². The highest BCUT2D eigenvalue weighted by atomic mass is 16.5. The number of methoxy groups -OCH3 is 1. The summed E-state index contributed by atoms with van der Waals surface area (Å²) in [7, 11) is 1.14. The molecule has 0 aliphatic carbocycles. The van der Waals surface area contributed by atoms with Crippen LogP contribution in [-0.2, 0) is 20.7 Å². The van der Waals surface area contributed by atoms with E-state index in [-0.39, 0.29) is 24.7 Å². The van der Waals surface area contributed by atoms with E-state index in [2.05, 4.69) is 10.1 Å². The quantitative estimate of drug-likeness (QED) is 0.229. The van der Waals surface area contributed by atoms with Crippen LogP contribution in [0.25, 0.3) is 0 Å². The molecule has 1 amide bonds. The minimum Gasteiger partial charge on any atom is -0.463 e. The molecule has 0 bridgehead atoms. The number of nitrogens with one attached hydrogen (secondary N) is 2. The van der Waals surface area contributed by atoms with Gasteiger partial charge < -0.3 is 20.9 Å². The third-order valence-corrected chi connectivity index (χ3v) is 4.06. The number of amidine groups is 1. The van der Waals surface area contributed by atoms with Gasteiger partial charge in [0, 0.05) is 24.1 Å². The number of carbonyl (C=O) groups excluding carboxylic acids is 3. The number of Topliss-reactive ketones (excluding diaryl/α,β-unsaturated/α-hetero) is 1. The van der Waals surface area contributed by atoms with Gasteiger partial charge in [-0.15, -0.1) is 0 Å². The van der Waals surface area contributed by atoms with Gasteiger partial charge in [-0.2, -0.15) is 0 Å². The highest BCUT2D eigenvalue weighted by Crippen LogP contribution is 2.14. The first-order valence-corrected chi connectivity index (χ1v) is 8.42. The maximum Gasteiger partial charge on any atom is 0.374 e. The normalized spacial score (nSPS) is 11.4. The number of amides is 1. The van der Waals surface area contributed by atoms with Gasteiger partial charge in [0.1, 0.15) is 5.84 Å². The maximum absolute atomic E-state index is 12.1. The molecule has 5 N–H and O–H groups in total. The fourth-order valence-corrected chi connectivity index (χ4v) is 2.44. The summed E-state index contributed by atoms with van der Waals surface area (Å²) in [6, 6.07) is 12.7. The van der Waals surface area contributed by atoms with E-state index in [0.717, 1.165) is 7.11 Å². The Morgan fingerprint density at radius 1 is 1.07 bits per heavy atom. The van der Waals surface area contributed by atoms with Crippen LogP contribution in [0.4, 0.5) is 0 Å². The predicted molar refractivity (Wildman–Crippen MR) is 102 cm³/mol. The number of rotatable bonds is 8. The molecule has 0 radical (unpaired) electrons. The summed E-state index contributed by atoms with van der Waals surface area (Å²) in [5, 5.41) is 20.2. The molecule has 28 heavy (non-hydrogen) atoms. The van der Waals surface area contributed by atoms with Crippen LogP contribution in [0.3, 0.4) is 0 Å². The van der Waals surface area contributed by atoms with E-state index in [1.807, 2.05) is 0 Å². The average molecular weight is 383 g/mol. The Kier molecular flexibility index (Phi) is 7.00. The maximum atomic E-state index is 12.1. The highest BCUT2D eigenvalue weighted by molar-refractivity contribution is 6.34. The van der Waals surface area contributed by atoms with Gasteiger partial charge in [0.25, 0.3) is 5.91 Å². The SMILES string of the molecule is COC(=O)C(=O)Cc1ccc(C(O)CNC(=O)c2ccc(C(=N)N)cc2)cc1. The average Bonchev–Trinajstić information content (AvgIpc) is 2.71. The molecular formula is C20H21N3O5. The highest BCUT2D eigenvalue weighted by Gasteiger charge is 2.15. The molecular weight excluding hydrogens is 362 g/mol. The first-order valence-electron chi connectivity index (χ1n) is 8.42. The number of hydrogen-bond acceptors (Lipinski definition) is 6. The van der Waals surface area contributed by atoms with Crippen LogP contribution < -0.4 is 11.1 Å². The second-order valence-electron chi connectivity index (χ2n) is 6.05. The number of hydrogen-bond donors (Lipinski definition) is 4. The minimum atomic E-state index is -0.939. The number of benzene rings is 2. The van der Waals surface area contributed by atoms with Crippen LogP contribution in [0.15, 0.2) is 48.5 Å². The van der Waals surface area contributed by atoms with Crippen molar-refractivity contribution >= 4 is 23.5 Å². The summed E-state index contributed by atoms with van der Waals surface area (Å²) in [4.78, 5) is 34.8. The largest absolute Gasteiger partial charge is 0.463 e. The summed E-state index contributed by atoms with van der Waals surface area (Å²) in [6.07, 6.45) is -1.03. The lowest BCUT2D eigenvalue weighted by atomic mass is 10.0. The molecule has 0 aliphatic rings. The van der Waals surface area contributed by atoms with Gasteiger partial charge in [-0.05, 0) is 23.3 Å². The van der Waals surface area contributed by atoms with Crippen molar-refractivity contribution in [1.82, 2.24) is 5.32 Å². The van der Waals surface area contributed by atoms with Crippen LogP contribution in [0.1, 0.15) is 33.2 Å². The fraction of sp³-hybridized carbons (Fsp3) is 0.200. The number of esters is 1. The molecule has 2 aromatic rings. The van der Waals surface area contributed by atoms with Gasteiger partial charge in [-0.3, -0.25) is 15.0 Å². The molecule has 1 atom stereocenters. The van der Waals surface area contributed by atoms with E-state index in [9.17, 15) is 19.5 Å². The molecule has 0 heterocycles. The third-order valence-electron chi connectivity index (χ3n) is 4.06. The zero-order valence-electron chi connectivity index (χ0n) is 15.3. The number of nitrogens with two attached hydrogens (primary N) is 1. The Morgan fingerprint density at radius 2 is 1.64 bits per heavy atom. The van der Waals surface area contributed by atoms with Gasteiger partial charge in [-0.25, -0.2) is 4.79 Å². The number of aliphatic hydroxyl groups excluding tert-OH is 1. The summed E-state index contributed by atoms with van der Waals surface area (Å²) in [6.45, 7) is -0.00622. The summed E-state index contributed by atoms with van der Waals surface area (Å²) >= 11 is 0. The van der Waals surface area contributed by atoms with Crippen molar-refractivity contribution in [2.24, 2.45) is 5.73 Å². The van der Waals surface area contributed by atoms with E-state index in [0.29, 0.717) is 22.3 Å². The fourth-order valence-electron chi connectivity index (χ4n) is 2.44. The van der Waals surface area contributed by atoms with Crippen molar-refractivity contribution < 1.29 is 24.2 Å². The van der Waals surface area contributed by atoms with Crippen molar-refractivity contribution in [1.29, 1.82) is 5.41 Å². The molecule has 0 saturated carbocycles. The van der Waals surface area contributed by atoms with Crippen molar-refractivity contribution in [3.63, 3.8) is 0 Å². The predicted octanol–water partition coefficient (Wildman–Crippen LogP) is 0.719.